The van der Waals surface area contributed by atoms with Crippen molar-refractivity contribution >= 4 is 0 Å². The standard InChI is InChI=1S/C11H13N3O/c1-3-8-5-4-6-9(10(8)15-2)11-12-7-13-14-11/h4-7H,3H2,1-2H3,(H,12,13,14). The Morgan fingerprint density at radius 3 is 2.87 bits per heavy atom. The number of hydrogen-bond donors (Lipinski definition) is 1. The van der Waals surface area contributed by atoms with Crippen molar-refractivity contribution in [2.24, 2.45) is 0 Å². The average molecular weight is 203 g/mol. The lowest BCUT2D eigenvalue weighted by Crippen LogP contribution is -1.94. The molecule has 0 unspecified atom stereocenters. The molecule has 1 N–H and O–H groups in total. The number of H-pyrrole nitrogens is 1. The Morgan fingerprint density at radius 2 is 2.27 bits per heavy atom. The van der Waals surface area contributed by atoms with E-state index in [2.05, 4.69) is 28.2 Å². The third kappa shape index (κ3) is 1.70. The van der Waals surface area contributed by atoms with Crippen molar-refractivity contribution in [1.29, 1.82) is 0 Å². The zero-order valence-electron chi connectivity index (χ0n) is 8.82. The first kappa shape index (κ1) is 9.71. The summed E-state index contributed by atoms with van der Waals surface area (Å²) in [6, 6.07) is 6.02. The lowest BCUT2D eigenvalue weighted by molar-refractivity contribution is 0.411. The maximum atomic E-state index is 5.40. The third-order valence-corrected chi connectivity index (χ3v) is 2.35. The zero-order chi connectivity index (χ0) is 10.7. The molecule has 0 aliphatic heterocycles. The van der Waals surface area contributed by atoms with Gasteiger partial charge in [0.1, 0.15) is 12.1 Å². The summed E-state index contributed by atoms with van der Waals surface area (Å²) in [5, 5.41) is 6.68. The molecule has 1 aromatic carbocycles. The number of aromatic nitrogens is 3. The average Bonchev–Trinajstić information content (AvgIpc) is 2.81. The van der Waals surface area contributed by atoms with Crippen LogP contribution in [0, 0.1) is 0 Å². The SMILES string of the molecule is CCc1cccc(-c2ncn[nH]2)c1OC. The van der Waals surface area contributed by atoms with E-state index in [1.165, 1.54) is 11.9 Å². The van der Waals surface area contributed by atoms with E-state index in [4.69, 9.17) is 4.74 Å². The fourth-order valence-corrected chi connectivity index (χ4v) is 1.63. The van der Waals surface area contributed by atoms with Gasteiger partial charge in [0.25, 0.3) is 0 Å². The number of nitrogens with one attached hydrogen (secondary N) is 1. The maximum Gasteiger partial charge on any atom is 0.159 e. The number of ether oxygens (including phenoxy) is 1. The zero-order valence-corrected chi connectivity index (χ0v) is 8.82. The number of para-hydroxylation sites is 1. The van der Waals surface area contributed by atoms with Gasteiger partial charge in [-0.25, -0.2) is 4.98 Å². The molecule has 0 aliphatic carbocycles. The fraction of sp³-hybridized carbons (Fsp3) is 0.273. The third-order valence-electron chi connectivity index (χ3n) is 2.35. The predicted octanol–water partition coefficient (Wildman–Crippen LogP) is 2.04. The smallest absolute Gasteiger partial charge is 0.159 e. The van der Waals surface area contributed by atoms with E-state index >= 15 is 0 Å². The highest BCUT2D eigenvalue weighted by Crippen LogP contribution is 2.30. The highest BCUT2D eigenvalue weighted by molar-refractivity contribution is 5.66. The summed E-state index contributed by atoms with van der Waals surface area (Å²) in [5.74, 6) is 1.61. The lowest BCUT2D eigenvalue weighted by Gasteiger charge is -2.10. The van der Waals surface area contributed by atoms with E-state index < -0.39 is 0 Å². The van der Waals surface area contributed by atoms with Gasteiger partial charge in [-0.1, -0.05) is 19.1 Å². The summed E-state index contributed by atoms with van der Waals surface area (Å²) in [6.45, 7) is 2.10. The monoisotopic (exact) mass is 203 g/mol. The van der Waals surface area contributed by atoms with Crippen LogP contribution in [0.2, 0.25) is 0 Å². The molecular weight excluding hydrogens is 190 g/mol. The van der Waals surface area contributed by atoms with Crippen LogP contribution in [0.5, 0.6) is 5.75 Å². The van der Waals surface area contributed by atoms with Crippen molar-refractivity contribution in [3.8, 4) is 17.1 Å². The molecule has 78 valence electrons. The highest BCUT2D eigenvalue weighted by atomic mass is 16.5. The summed E-state index contributed by atoms with van der Waals surface area (Å²) in [5.41, 5.74) is 2.13. The van der Waals surface area contributed by atoms with E-state index in [1.807, 2.05) is 12.1 Å². The highest BCUT2D eigenvalue weighted by Gasteiger charge is 2.11. The molecule has 4 heteroatoms. The molecule has 1 aromatic heterocycles. The number of rotatable bonds is 3. The molecule has 0 bridgehead atoms. The molecule has 1 heterocycles. The van der Waals surface area contributed by atoms with Crippen LogP contribution in [0.15, 0.2) is 24.5 Å². The van der Waals surface area contributed by atoms with E-state index in [0.717, 1.165) is 23.6 Å². The number of aryl methyl sites for hydroxylation is 1. The van der Waals surface area contributed by atoms with Gasteiger partial charge in [0.2, 0.25) is 0 Å². The van der Waals surface area contributed by atoms with Crippen molar-refractivity contribution in [3.63, 3.8) is 0 Å². The largest absolute Gasteiger partial charge is 0.496 e. The number of nitrogens with zero attached hydrogens (tertiary/aromatic N) is 2. The van der Waals surface area contributed by atoms with Crippen LogP contribution >= 0.6 is 0 Å². The van der Waals surface area contributed by atoms with E-state index in [1.54, 1.807) is 7.11 Å². The molecule has 0 aliphatic rings. The Labute approximate surface area is 88.3 Å². The van der Waals surface area contributed by atoms with Gasteiger partial charge in [0.05, 0.1) is 12.7 Å². The van der Waals surface area contributed by atoms with Crippen molar-refractivity contribution in [1.82, 2.24) is 15.2 Å². The Hall–Kier alpha value is -1.84. The van der Waals surface area contributed by atoms with Crippen molar-refractivity contribution in [2.45, 2.75) is 13.3 Å². The van der Waals surface area contributed by atoms with Gasteiger partial charge >= 0.3 is 0 Å². The van der Waals surface area contributed by atoms with Crippen LogP contribution in [-0.4, -0.2) is 22.3 Å². The summed E-state index contributed by atoms with van der Waals surface area (Å²) in [7, 11) is 1.67. The molecule has 0 atom stereocenters. The van der Waals surface area contributed by atoms with Gasteiger partial charge in [-0.05, 0) is 18.1 Å². The maximum absolute atomic E-state index is 5.40. The topological polar surface area (TPSA) is 50.8 Å². The number of aromatic amines is 1. The molecule has 4 nitrogen and oxygen atoms in total. The normalized spacial score (nSPS) is 10.3. The van der Waals surface area contributed by atoms with Gasteiger partial charge < -0.3 is 4.74 Å². The first-order valence-electron chi connectivity index (χ1n) is 4.88. The van der Waals surface area contributed by atoms with Crippen LogP contribution < -0.4 is 4.74 Å². The number of hydrogen-bond acceptors (Lipinski definition) is 3. The van der Waals surface area contributed by atoms with E-state index in [9.17, 15) is 0 Å². The summed E-state index contributed by atoms with van der Waals surface area (Å²) in [6.07, 6.45) is 2.43. The van der Waals surface area contributed by atoms with Crippen molar-refractivity contribution in [2.75, 3.05) is 7.11 Å². The molecule has 0 saturated carbocycles. The number of benzene rings is 1. The summed E-state index contributed by atoms with van der Waals surface area (Å²) in [4.78, 5) is 4.12. The molecular formula is C11H13N3O. The second-order valence-electron chi connectivity index (χ2n) is 3.19. The second kappa shape index (κ2) is 4.13. The van der Waals surface area contributed by atoms with Gasteiger partial charge in [-0.2, -0.15) is 5.10 Å². The Morgan fingerprint density at radius 1 is 1.40 bits per heavy atom. The molecule has 15 heavy (non-hydrogen) atoms. The van der Waals surface area contributed by atoms with Crippen LogP contribution in [0.1, 0.15) is 12.5 Å². The Kier molecular flexibility index (Phi) is 2.67. The molecule has 0 saturated heterocycles. The minimum atomic E-state index is 0.738. The molecule has 2 rings (SSSR count). The summed E-state index contributed by atoms with van der Waals surface area (Å²) >= 11 is 0. The minimum Gasteiger partial charge on any atom is -0.496 e. The quantitative estimate of drug-likeness (QED) is 0.830. The van der Waals surface area contributed by atoms with Crippen molar-refractivity contribution in [3.05, 3.63) is 30.1 Å². The van der Waals surface area contributed by atoms with Crippen LogP contribution in [-0.2, 0) is 6.42 Å². The fourth-order valence-electron chi connectivity index (χ4n) is 1.63. The first-order valence-corrected chi connectivity index (χ1v) is 4.88. The van der Waals surface area contributed by atoms with Crippen molar-refractivity contribution < 1.29 is 4.74 Å². The molecule has 2 aromatic rings. The molecule has 0 amide bonds. The number of methoxy groups -OCH3 is 1. The molecule has 0 spiro atoms. The van der Waals surface area contributed by atoms with E-state index in [-0.39, 0.29) is 0 Å². The summed E-state index contributed by atoms with van der Waals surface area (Å²) < 4.78 is 5.40. The van der Waals surface area contributed by atoms with Gasteiger partial charge in [-0.3, -0.25) is 5.10 Å². The van der Waals surface area contributed by atoms with Crippen LogP contribution in [0.25, 0.3) is 11.4 Å². The van der Waals surface area contributed by atoms with Gasteiger partial charge in [-0.15, -0.1) is 0 Å². The first-order chi connectivity index (χ1) is 7.36. The van der Waals surface area contributed by atoms with Crippen LogP contribution in [0.3, 0.4) is 0 Å². The molecule has 0 fully saturated rings. The Balaban J connectivity index is 2.56. The van der Waals surface area contributed by atoms with E-state index in [0.29, 0.717) is 0 Å². The lowest BCUT2D eigenvalue weighted by atomic mass is 10.1. The second-order valence-corrected chi connectivity index (χ2v) is 3.19. The Bertz CT molecular complexity index is 437. The predicted molar refractivity (Wildman–Crippen MR) is 57.7 cm³/mol. The minimum absolute atomic E-state index is 0.738. The van der Waals surface area contributed by atoms with Crippen LogP contribution in [0.4, 0.5) is 0 Å². The van der Waals surface area contributed by atoms with Gasteiger partial charge in [0.15, 0.2) is 5.82 Å². The van der Waals surface area contributed by atoms with Gasteiger partial charge in [0, 0.05) is 0 Å². The molecule has 0 radical (unpaired) electrons.